The SMILES string of the molecule is Cc1cc(F)c(C(=O)Nc2cccc(-c3nncn3[C@H](C)CO)n2)cc1C1CC1C(=O)N1CCC(F)(F)C1. The first-order chi connectivity index (χ1) is 18.1. The highest BCUT2D eigenvalue weighted by molar-refractivity contribution is 6.04. The molecule has 1 aromatic carbocycles. The van der Waals surface area contributed by atoms with Gasteiger partial charge in [-0.3, -0.25) is 9.59 Å². The molecule has 2 fully saturated rings. The summed E-state index contributed by atoms with van der Waals surface area (Å²) in [5.41, 5.74) is 1.43. The van der Waals surface area contributed by atoms with E-state index in [2.05, 4.69) is 20.5 Å². The van der Waals surface area contributed by atoms with Gasteiger partial charge in [-0.05, 0) is 61.6 Å². The molecule has 3 heterocycles. The molecule has 0 bridgehead atoms. The predicted octanol–water partition coefficient (Wildman–Crippen LogP) is 3.56. The highest BCUT2D eigenvalue weighted by atomic mass is 19.3. The molecular formula is C26H27F3N6O3. The average Bonchev–Trinajstić information content (AvgIpc) is 3.34. The number of aryl methyl sites for hydroxylation is 1. The summed E-state index contributed by atoms with van der Waals surface area (Å²) in [6, 6.07) is 7.26. The minimum Gasteiger partial charge on any atom is -0.394 e. The number of alkyl halides is 2. The summed E-state index contributed by atoms with van der Waals surface area (Å²) in [6.07, 6.45) is 1.59. The molecule has 3 aromatic rings. The van der Waals surface area contributed by atoms with Gasteiger partial charge in [-0.2, -0.15) is 0 Å². The first-order valence-corrected chi connectivity index (χ1v) is 12.3. The highest BCUT2D eigenvalue weighted by Crippen LogP contribution is 2.50. The minimum atomic E-state index is -2.87. The third-order valence-corrected chi connectivity index (χ3v) is 7.12. The number of rotatable bonds is 7. The number of anilines is 1. The van der Waals surface area contributed by atoms with E-state index in [1.807, 2.05) is 0 Å². The molecular weight excluding hydrogens is 501 g/mol. The number of halogens is 3. The van der Waals surface area contributed by atoms with E-state index in [0.717, 1.165) is 0 Å². The van der Waals surface area contributed by atoms with E-state index in [0.29, 0.717) is 29.1 Å². The van der Waals surface area contributed by atoms with Gasteiger partial charge in [0.15, 0.2) is 5.82 Å². The summed E-state index contributed by atoms with van der Waals surface area (Å²) in [7, 11) is 0. The van der Waals surface area contributed by atoms with Gasteiger partial charge in [0.2, 0.25) is 5.91 Å². The van der Waals surface area contributed by atoms with Gasteiger partial charge in [-0.25, -0.2) is 18.2 Å². The van der Waals surface area contributed by atoms with Crippen molar-refractivity contribution in [2.45, 2.75) is 44.6 Å². The fourth-order valence-corrected chi connectivity index (χ4v) is 4.88. The zero-order chi connectivity index (χ0) is 27.2. The van der Waals surface area contributed by atoms with E-state index < -0.39 is 30.1 Å². The molecule has 2 aliphatic rings. The van der Waals surface area contributed by atoms with Gasteiger partial charge < -0.3 is 19.9 Å². The Morgan fingerprint density at radius 3 is 2.79 bits per heavy atom. The van der Waals surface area contributed by atoms with E-state index in [4.69, 9.17) is 0 Å². The van der Waals surface area contributed by atoms with Gasteiger partial charge in [0, 0.05) is 18.9 Å². The molecule has 0 radical (unpaired) electrons. The van der Waals surface area contributed by atoms with Crippen LogP contribution in [0.1, 0.15) is 53.2 Å². The van der Waals surface area contributed by atoms with Crippen LogP contribution in [0.4, 0.5) is 19.0 Å². The average molecular weight is 529 g/mol. The van der Waals surface area contributed by atoms with Crippen molar-refractivity contribution in [2.24, 2.45) is 5.92 Å². The summed E-state index contributed by atoms with van der Waals surface area (Å²) in [6.45, 7) is 2.79. The van der Waals surface area contributed by atoms with Crippen LogP contribution in [-0.4, -0.2) is 67.2 Å². The van der Waals surface area contributed by atoms with Crippen molar-refractivity contribution < 1.29 is 27.9 Å². The lowest BCUT2D eigenvalue weighted by atomic mass is 9.98. The maximum atomic E-state index is 14.9. The minimum absolute atomic E-state index is 0.0202. The van der Waals surface area contributed by atoms with Crippen molar-refractivity contribution in [3.63, 3.8) is 0 Å². The predicted molar refractivity (Wildman–Crippen MR) is 131 cm³/mol. The number of hydrogen-bond acceptors (Lipinski definition) is 6. The number of carbonyl (C=O) groups is 2. The summed E-state index contributed by atoms with van der Waals surface area (Å²) < 4.78 is 43.6. The van der Waals surface area contributed by atoms with Crippen LogP contribution in [-0.2, 0) is 4.79 Å². The standard InChI is InChI=1S/C26H27F3N6O3/c1-14-8-20(27)19(9-16(14)17-10-18(17)25(38)34-7-6-26(28,29)12-34)24(37)32-22-5-3-4-21(31-22)23-33-30-13-35(23)15(2)11-36/h3-5,8-9,13,15,17-18,36H,6-7,10-12H2,1-2H3,(H,31,32,37)/t15-,17?,18?/m1/s1. The fraction of sp³-hybridized carbons (Fsp3) is 0.423. The van der Waals surface area contributed by atoms with Crippen LogP contribution in [0, 0.1) is 18.7 Å². The molecule has 200 valence electrons. The van der Waals surface area contributed by atoms with Crippen LogP contribution in [0.5, 0.6) is 0 Å². The Morgan fingerprint density at radius 2 is 2.08 bits per heavy atom. The number of pyridine rings is 1. The Kier molecular flexibility index (Phi) is 6.68. The Balaban J connectivity index is 1.33. The topological polar surface area (TPSA) is 113 Å². The molecule has 2 amide bonds. The van der Waals surface area contributed by atoms with Crippen molar-refractivity contribution in [1.29, 1.82) is 0 Å². The van der Waals surface area contributed by atoms with Crippen LogP contribution in [0.25, 0.3) is 11.5 Å². The molecule has 12 heteroatoms. The molecule has 2 unspecified atom stereocenters. The van der Waals surface area contributed by atoms with Crippen LogP contribution in [0.2, 0.25) is 0 Å². The lowest BCUT2D eigenvalue weighted by molar-refractivity contribution is -0.133. The van der Waals surface area contributed by atoms with Gasteiger partial charge in [0.05, 0.1) is 24.8 Å². The summed E-state index contributed by atoms with van der Waals surface area (Å²) >= 11 is 0. The lowest BCUT2D eigenvalue weighted by Crippen LogP contribution is -2.32. The first kappa shape index (κ1) is 25.8. The first-order valence-electron chi connectivity index (χ1n) is 12.3. The molecule has 1 saturated carbocycles. The third kappa shape index (κ3) is 5.00. The maximum absolute atomic E-state index is 14.9. The molecule has 5 rings (SSSR count). The maximum Gasteiger partial charge on any atom is 0.267 e. The molecule has 3 atom stereocenters. The second-order valence-corrected chi connectivity index (χ2v) is 9.96. The summed E-state index contributed by atoms with van der Waals surface area (Å²) in [5, 5.41) is 20.0. The van der Waals surface area contributed by atoms with Crippen LogP contribution in [0.15, 0.2) is 36.7 Å². The molecule has 2 aromatic heterocycles. The van der Waals surface area contributed by atoms with E-state index in [1.54, 1.807) is 36.6 Å². The second-order valence-electron chi connectivity index (χ2n) is 9.96. The number of amides is 2. The molecule has 9 nitrogen and oxygen atoms in total. The lowest BCUT2D eigenvalue weighted by Gasteiger charge is -2.16. The third-order valence-electron chi connectivity index (χ3n) is 7.12. The number of hydrogen-bond donors (Lipinski definition) is 2. The molecule has 1 aliphatic heterocycles. The number of nitrogens with one attached hydrogen (secondary N) is 1. The number of nitrogens with zero attached hydrogens (tertiary/aromatic N) is 5. The van der Waals surface area contributed by atoms with Crippen LogP contribution in [0.3, 0.4) is 0 Å². The fourth-order valence-electron chi connectivity index (χ4n) is 4.88. The Labute approximate surface area is 216 Å². The Morgan fingerprint density at radius 1 is 1.29 bits per heavy atom. The van der Waals surface area contributed by atoms with Crippen LogP contribution < -0.4 is 5.32 Å². The second kappa shape index (κ2) is 9.82. The van der Waals surface area contributed by atoms with Crippen molar-refractivity contribution in [3.05, 3.63) is 59.2 Å². The summed E-state index contributed by atoms with van der Waals surface area (Å²) in [4.78, 5) is 31.4. The monoisotopic (exact) mass is 528 g/mol. The van der Waals surface area contributed by atoms with Gasteiger partial charge in [-0.1, -0.05) is 6.07 Å². The largest absolute Gasteiger partial charge is 0.394 e. The number of aliphatic hydroxyl groups excluding tert-OH is 1. The Bertz CT molecular complexity index is 1390. The molecule has 0 spiro atoms. The Hall–Kier alpha value is -3.80. The van der Waals surface area contributed by atoms with E-state index in [9.17, 15) is 27.9 Å². The van der Waals surface area contributed by atoms with Gasteiger partial charge in [0.1, 0.15) is 23.7 Å². The summed E-state index contributed by atoms with van der Waals surface area (Å²) in [5.74, 6) is -4.80. The van der Waals surface area contributed by atoms with E-state index in [-0.39, 0.29) is 48.8 Å². The van der Waals surface area contributed by atoms with Gasteiger partial charge in [-0.15, -0.1) is 10.2 Å². The van der Waals surface area contributed by atoms with E-state index >= 15 is 0 Å². The van der Waals surface area contributed by atoms with Crippen LogP contribution >= 0.6 is 0 Å². The molecule has 2 N–H and O–H groups in total. The van der Waals surface area contributed by atoms with Crippen molar-refractivity contribution in [2.75, 3.05) is 25.0 Å². The smallest absolute Gasteiger partial charge is 0.267 e. The zero-order valence-electron chi connectivity index (χ0n) is 20.9. The van der Waals surface area contributed by atoms with Crippen molar-refractivity contribution in [3.8, 4) is 11.5 Å². The van der Waals surface area contributed by atoms with Crippen molar-refractivity contribution in [1.82, 2.24) is 24.6 Å². The number of aromatic nitrogens is 4. The van der Waals surface area contributed by atoms with Crippen molar-refractivity contribution >= 4 is 17.6 Å². The molecule has 38 heavy (non-hydrogen) atoms. The number of carbonyl (C=O) groups excluding carboxylic acids is 2. The normalized spacial score (nSPS) is 20.8. The van der Waals surface area contributed by atoms with Gasteiger partial charge in [0.25, 0.3) is 11.8 Å². The number of aliphatic hydroxyl groups is 1. The highest BCUT2D eigenvalue weighted by Gasteiger charge is 2.50. The number of likely N-dealkylation sites (tertiary alicyclic amines) is 1. The number of benzene rings is 1. The van der Waals surface area contributed by atoms with Gasteiger partial charge >= 0.3 is 0 Å². The van der Waals surface area contributed by atoms with E-state index in [1.165, 1.54) is 23.4 Å². The quantitative estimate of drug-likeness (QED) is 0.485. The molecule has 1 saturated heterocycles. The molecule has 1 aliphatic carbocycles. The zero-order valence-corrected chi connectivity index (χ0v) is 20.9.